The summed E-state index contributed by atoms with van der Waals surface area (Å²) in [7, 11) is 0. The van der Waals surface area contributed by atoms with Crippen LogP contribution in [0.5, 0.6) is 0 Å². The van der Waals surface area contributed by atoms with Gasteiger partial charge in [0.2, 0.25) is 0 Å². The first-order valence-electron chi connectivity index (χ1n) is 6.37. The van der Waals surface area contributed by atoms with Crippen molar-refractivity contribution in [3.05, 3.63) is 47.6 Å². The van der Waals surface area contributed by atoms with Crippen molar-refractivity contribution in [3.63, 3.8) is 0 Å². The van der Waals surface area contributed by atoms with E-state index in [1.54, 1.807) is 6.20 Å². The SMILES string of the molecule is O=C(O)Cc1cn2cc(-c3cc4ccccc4o3)nc2s1. The summed E-state index contributed by atoms with van der Waals surface area (Å²) in [6.07, 6.45) is 3.68. The normalized spacial score (nSPS) is 11.4. The van der Waals surface area contributed by atoms with Gasteiger partial charge in [0.05, 0.1) is 6.42 Å². The maximum Gasteiger partial charge on any atom is 0.308 e. The fraction of sp³-hybridized carbons (Fsp3) is 0.0667. The van der Waals surface area contributed by atoms with Crippen LogP contribution in [0.15, 0.2) is 47.1 Å². The summed E-state index contributed by atoms with van der Waals surface area (Å²) in [4.78, 5) is 16.8. The second-order valence-electron chi connectivity index (χ2n) is 4.73. The number of carboxylic acid groups (broad SMARTS) is 1. The molecule has 0 amide bonds. The summed E-state index contributed by atoms with van der Waals surface area (Å²) in [5.74, 6) is -0.121. The van der Waals surface area contributed by atoms with Gasteiger partial charge in [0.25, 0.3) is 0 Å². The maximum absolute atomic E-state index is 10.7. The van der Waals surface area contributed by atoms with E-state index in [-0.39, 0.29) is 6.42 Å². The fourth-order valence-electron chi connectivity index (χ4n) is 2.30. The number of para-hydroxylation sites is 1. The Morgan fingerprint density at radius 1 is 1.33 bits per heavy atom. The highest BCUT2D eigenvalue weighted by Gasteiger charge is 2.13. The van der Waals surface area contributed by atoms with Gasteiger partial charge in [0.15, 0.2) is 10.7 Å². The van der Waals surface area contributed by atoms with Crippen molar-refractivity contribution >= 4 is 33.2 Å². The molecule has 3 aromatic heterocycles. The topological polar surface area (TPSA) is 67.7 Å². The minimum atomic E-state index is -0.836. The Labute approximate surface area is 123 Å². The molecule has 21 heavy (non-hydrogen) atoms. The van der Waals surface area contributed by atoms with Gasteiger partial charge in [-0.05, 0) is 12.1 Å². The number of hydrogen-bond donors (Lipinski definition) is 1. The number of hydrogen-bond acceptors (Lipinski definition) is 4. The number of benzene rings is 1. The van der Waals surface area contributed by atoms with Crippen LogP contribution in [-0.2, 0) is 11.2 Å². The van der Waals surface area contributed by atoms with E-state index in [9.17, 15) is 4.79 Å². The van der Waals surface area contributed by atoms with Crippen molar-refractivity contribution in [2.75, 3.05) is 0 Å². The van der Waals surface area contributed by atoms with Gasteiger partial charge in [0.1, 0.15) is 11.3 Å². The van der Waals surface area contributed by atoms with Gasteiger partial charge in [-0.25, -0.2) is 4.98 Å². The molecular formula is C15H10N2O3S. The van der Waals surface area contributed by atoms with Crippen molar-refractivity contribution in [2.24, 2.45) is 0 Å². The molecule has 0 radical (unpaired) electrons. The monoisotopic (exact) mass is 298 g/mol. The Morgan fingerprint density at radius 2 is 2.19 bits per heavy atom. The van der Waals surface area contributed by atoms with Crippen LogP contribution < -0.4 is 0 Å². The van der Waals surface area contributed by atoms with E-state index in [1.165, 1.54) is 11.3 Å². The fourth-order valence-corrected chi connectivity index (χ4v) is 3.25. The van der Waals surface area contributed by atoms with Crippen molar-refractivity contribution < 1.29 is 14.3 Å². The summed E-state index contributed by atoms with van der Waals surface area (Å²) in [6, 6.07) is 9.76. The van der Waals surface area contributed by atoms with Crippen LogP contribution >= 0.6 is 11.3 Å². The Bertz CT molecular complexity index is 899. The standard InChI is InChI=1S/C15H10N2O3S/c18-14(19)6-10-7-17-8-11(16-15(17)21-10)13-5-9-3-1-2-4-12(9)20-13/h1-5,7-8H,6H2,(H,18,19). The van der Waals surface area contributed by atoms with E-state index in [0.29, 0.717) is 5.76 Å². The van der Waals surface area contributed by atoms with Crippen molar-refractivity contribution in [1.82, 2.24) is 9.38 Å². The molecule has 1 N–H and O–H groups in total. The zero-order chi connectivity index (χ0) is 14.4. The number of carbonyl (C=O) groups is 1. The van der Waals surface area contributed by atoms with Gasteiger partial charge in [-0.3, -0.25) is 9.20 Å². The van der Waals surface area contributed by atoms with Crippen LogP contribution in [0.3, 0.4) is 0 Å². The molecule has 0 spiro atoms. The Hall–Kier alpha value is -2.60. The zero-order valence-corrected chi connectivity index (χ0v) is 11.6. The number of fused-ring (bicyclic) bond motifs is 2. The molecule has 3 heterocycles. The molecule has 0 aliphatic heterocycles. The van der Waals surface area contributed by atoms with E-state index in [1.807, 2.05) is 40.9 Å². The third-order valence-corrected chi connectivity index (χ3v) is 4.20. The molecule has 4 rings (SSSR count). The minimum Gasteiger partial charge on any atom is -0.481 e. The van der Waals surface area contributed by atoms with E-state index >= 15 is 0 Å². The molecule has 0 unspecified atom stereocenters. The van der Waals surface area contributed by atoms with E-state index in [2.05, 4.69) is 4.98 Å². The van der Waals surface area contributed by atoms with Crippen molar-refractivity contribution in [1.29, 1.82) is 0 Å². The third kappa shape index (κ3) is 2.09. The van der Waals surface area contributed by atoms with Crippen LogP contribution in [0.2, 0.25) is 0 Å². The van der Waals surface area contributed by atoms with Crippen molar-refractivity contribution in [2.45, 2.75) is 6.42 Å². The second-order valence-corrected chi connectivity index (χ2v) is 5.83. The van der Waals surface area contributed by atoms with Crippen LogP contribution in [0.4, 0.5) is 0 Å². The highest BCUT2D eigenvalue weighted by molar-refractivity contribution is 7.17. The number of nitrogens with zero attached hydrogens (tertiary/aromatic N) is 2. The number of imidazole rings is 1. The maximum atomic E-state index is 10.7. The Balaban J connectivity index is 1.76. The summed E-state index contributed by atoms with van der Waals surface area (Å²) in [6.45, 7) is 0. The molecule has 0 bridgehead atoms. The minimum absolute atomic E-state index is 0.0218. The summed E-state index contributed by atoms with van der Waals surface area (Å²) in [5.41, 5.74) is 1.58. The lowest BCUT2D eigenvalue weighted by Gasteiger charge is -1.88. The number of rotatable bonds is 3. The van der Waals surface area contributed by atoms with E-state index in [0.717, 1.165) is 26.5 Å². The Kier molecular flexibility index (Phi) is 2.58. The van der Waals surface area contributed by atoms with Gasteiger partial charge >= 0.3 is 5.97 Å². The molecule has 104 valence electrons. The number of aromatic nitrogens is 2. The average Bonchev–Trinajstić information content (AvgIpc) is 3.08. The summed E-state index contributed by atoms with van der Waals surface area (Å²) in [5, 5.41) is 9.84. The molecule has 0 saturated heterocycles. The number of furan rings is 1. The first-order valence-corrected chi connectivity index (χ1v) is 7.19. The lowest BCUT2D eigenvalue weighted by molar-refractivity contribution is -0.136. The van der Waals surface area contributed by atoms with Crippen LogP contribution in [0, 0.1) is 0 Å². The molecular weight excluding hydrogens is 288 g/mol. The van der Waals surface area contributed by atoms with Crippen LogP contribution in [-0.4, -0.2) is 20.5 Å². The first kappa shape index (κ1) is 12.2. The van der Waals surface area contributed by atoms with Crippen LogP contribution in [0.1, 0.15) is 4.88 Å². The number of aliphatic carboxylic acids is 1. The van der Waals surface area contributed by atoms with Gasteiger partial charge < -0.3 is 9.52 Å². The van der Waals surface area contributed by atoms with Gasteiger partial charge in [-0.15, -0.1) is 11.3 Å². The summed E-state index contributed by atoms with van der Waals surface area (Å²) < 4.78 is 7.62. The molecule has 0 atom stereocenters. The lowest BCUT2D eigenvalue weighted by Crippen LogP contribution is -1.97. The zero-order valence-electron chi connectivity index (χ0n) is 10.8. The third-order valence-electron chi connectivity index (χ3n) is 3.21. The van der Waals surface area contributed by atoms with E-state index < -0.39 is 5.97 Å². The molecule has 0 fully saturated rings. The van der Waals surface area contributed by atoms with Crippen LogP contribution in [0.25, 0.3) is 27.4 Å². The molecule has 0 aliphatic carbocycles. The lowest BCUT2D eigenvalue weighted by atomic mass is 10.2. The predicted octanol–water partition coefficient (Wildman–Crippen LogP) is 3.44. The van der Waals surface area contributed by atoms with E-state index in [4.69, 9.17) is 9.52 Å². The smallest absolute Gasteiger partial charge is 0.308 e. The molecule has 5 nitrogen and oxygen atoms in total. The molecule has 1 aromatic carbocycles. The van der Waals surface area contributed by atoms with Gasteiger partial charge in [-0.2, -0.15) is 0 Å². The molecule has 0 saturated carbocycles. The molecule has 0 aliphatic rings. The highest BCUT2D eigenvalue weighted by Crippen LogP contribution is 2.29. The second kappa shape index (κ2) is 4.46. The summed E-state index contributed by atoms with van der Waals surface area (Å²) >= 11 is 1.38. The molecule has 4 aromatic rings. The van der Waals surface area contributed by atoms with Gasteiger partial charge in [0, 0.05) is 22.7 Å². The Morgan fingerprint density at radius 3 is 2.95 bits per heavy atom. The largest absolute Gasteiger partial charge is 0.481 e. The quantitative estimate of drug-likeness (QED) is 0.629. The van der Waals surface area contributed by atoms with Gasteiger partial charge in [-0.1, -0.05) is 18.2 Å². The average molecular weight is 298 g/mol. The predicted molar refractivity (Wildman–Crippen MR) is 79.6 cm³/mol. The number of thiazole rings is 1. The highest BCUT2D eigenvalue weighted by atomic mass is 32.1. The van der Waals surface area contributed by atoms with Crippen molar-refractivity contribution in [3.8, 4) is 11.5 Å². The first-order chi connectivity index (χ1) is 10.2. The number of carboxylic acids is 1. The molecule has 6 heteroatoms.